The summed E-state index contributed by atoms with van der Waals surface area (Å²) < 4.78 is 2.45. The second-order valence-electron chi connectivity index (χ2n) is 0.899. The molecule has 2 heteroatoms. The van der Waals surface area contributed by atoms with Crippen molar-refractivity contribution >= 4 is 20.3 Å². The first-order valence-electron chi connectivity index (χ1n) is 1.70. The predicted molar refractivity (Wildman–Crippen MR) is 32.5 cm³/mol. The Balaban J connectivity index is 3.82. The van der Waals surface area contributed by atoms with Gasteiger partial charge in [0.15, 0.2) is 0 Å². The van der Waals surface area contributed by atoms with Crippen molar-refractivity contribution in [3.63, 3.8) is 0 Å². The molecule has 0 spiro atoms. The van der Waals surface area contributed by atoms with E-state index in [-0.39, 0.29) is 0 Å². The van der Waals surface area contributed by atoms with E-state index >= 15 is 0 Å². The number of hydrogen-bond acceptors (Lipinski definition) is 1. The molecular formula is C5H5NSe. The Hall–Kier alpha value is -0.421. The van der Waals surface area contributed by atoms with Crippen LogP contribution in [0, 0.1) is 0 Å². The van der Waals surface area contributed by atoms with Gasteiger partial charge in [-0.15, -0.1) is 0 Å². The van der Waals surface area contributed by atoms with E-state index in [1.165, 1.54) is 0 Å². The molecule has 0 fully saturated rings. The molecular weight excluding hydrogens is 153 g/mol. The predicted octanol–water partition coefficient (Wildman–Crippen LogP) is 0.760. The average Bonchev–Trinajstić information content (AvgIpc) is 1.68. The third kappa shape index (κ3) is 3.41. The number of hydrogen-bond donors (Lipinski definition) is 0. The minimum atomic E-state index is 0.624. The fourth-order valence-electron chi connectivity index (χ4n) is 0.104. The third-order valence-corrected chi connectivity index (χ3v) is 0.616. The number of nitrogens with zero attached hydrogens (tertiary/aromatic N) is 1. The van der Waals surface area contributed by atoms with Crippen LogP contribution in [0.3, 0.4) is 0 Å². The number of allylic oxidation sites excluding steroid dienone is 1. The normalized spacial score (nSPS) is 6.29. The molecule has 36 valence electrons. The van der Waals surface area contributed by atoms with Gasteiger partial charge in [0.25, 0.3) is 0 Å². The second kappa shape index (κ2) is 3.76. The fraction of sp³-hybridized carbons (Fsp3) is 0. The minimum absolute atomic E-state index is 0.624. The molecule has 0 unspecified atom stereocenters. The molecule has 0 aliphatic carbocycles. The van der Waals surface area contributed by atoms with Gasteiger partial charge in [-0.3, -0.25) is 0 Å². The van der Waals surface area contributed by atoms with Crippen molar-refractivity contribution in [1.29, 1.82) is 0 Å². The van der Waals surface area contributed by atoms with E-state index < -0.39 is 0 Å². The molecule has 0 aromatic rings. The summed E-state index contributed by atoms with van der Waals surface area (Å²) in [6.45, 7) is 6.93. The maximum atomic E-state index is 3.62. The molecule has 0 heterocycles. The summed E-state index contributed by atoms with van der Waals surface area (Å²) in [4.78, 5) is 3.62. The summed E-state index contributed by atoms with van der Waals surface area (Å²) in [5.41, 5.74) is 0.624. The van der Waals surface area contributed by atoms with Gasteiger partial charge in [0.2, 0.25) is 0 Å². The Bertz CT molecular complexity index is 131. The zero-order chi connectivity index (χ0) is 5.70. The van der Waals surface area contributed by atoms with Crippen LogP contribution < -0.4 is 0 Å². The van der Waals surface area contributed by atoms with Gasteiger partial charge in [-0.2, -0.15) is 0 Å². The van der Waals surface area contributed by atoms with Gasteiger partial charge < -0.3 is 0 Å². The molecule has 7 heavy (non-hydrogen) atoms. The Labute approximate surface area is 50.8 Å². The zero-order valence-electron chi connectivity index (χ0n) is 3.85. The monoisotopic (exact) mass is 159 g/mol. The molecule has 0 aliphatic heterocycles. The molecule has 0 aromatic heterocycles. The van der Waals surface area contributed by atoms with Crippen LogP contribution in [-0.4, -0.2) is 20.3 Å². The van der Waals surface area contributed by atoms with Crippen molar-refractivity contribution in [2.75, 3.05) is 0 Å². The number of aliphatic imine (C=N–C) groups is 1. The van der Waals surface area contributed by atoms with E-state index in [9.17, 15) is 0 Å². The van der Waals surface area contributed by atoms with Crippen molar-refractivity contribution in [2.24, 2.45) is 4.99 Å². The quantitative estimate of drug-likeness (QED) is 0.319. The molecule has 0 saturated carbocycles. The van der Waals surface area contributed by atoms with Crippen molar-refractivity contribution in [2.45, 2.75) is 0 Å². The number of rotatable bonds is 2. The summed E-state index contributed by atoms with van der Waals surface area (Å²) in [6.07, 6.45) is 1.56. The van der Waals surface area contributed by atoms with Crippen LogP contribution in [-0.2, 0) is 0 Å². The van der Waals surface area contributed by atoms with Crippen LogP contribution in [0.5, 0.6) is 0 Å². The van der Waals surface area contributed by atoms with E-state index in [0.29, 0.717) is 5.70 Å². The van der Waals surface area contributed by atoms with E-state index in [1.54, 1.807) is 6.08 Å². The van der Waals surface area contributed by atoms with Crippen LogP contribution in [0.1, 0.15) is 0 Å². The average molecular weight is 158 g/mol. The molecule has 0 atom stereocenters. The van der Waals surface area contributed by atoms with Gasteiger partial charge in [-0.05, 0) is 0 Å². The molecule has 0 amide bonds. The maximum absolute atomic E-state index is 3.62. The molecule has 1 nitrogen and oxygen atoms in total. The topological polar surface area (TPSA) is 12.4 Å². The standard InChI is InChI=1S/C5H5NSe/c1-3-5(2)6-4-7/h3H,1-2H2. The molecule has 0 bridgehead atoms. The van der Waals surface area contributed by atoms with Crippen LogP contribution in [0.25, 0.3) is 0 Å². The van der Waals surface area contributed by atoms with E-state index in [0.717, 1.165) is 0 Å². The van der Waals surface area contributed by atoms with Crippen LogP contribution >= 0.6 is 0 Å². The van der Waals surface area contributed by atoms with Crippen LogP contribution in [0.2, 0.25) is 0 Å². The molecule has 0 aromatic carbocycles. The Morgan fingerprint density at radius 1 is 1.86 bits per heavy atom. The van der Waals surface area contributed by atoms with Crippen molar-refractivity contribution in [3.05, 3.63) is 24.9 Å². The van der Waals surface area contributed by atoms with Gasteiger partial charge in [0.1, 0.15) is 0 Å². The first kappa shape index (κ1) is 6.58. The molecule has 0 N–H and O–H groups in total. The van der Waals surface area contributed by atoms with Gasteiger partial charge in [0.05, 0.1) is 0 Å². The molecule has 0 saturated heterocycles. The third-order valence-electron chi connectivity index (χ3n) is 0.425. The summed E-state index contributed by atoms with van der Waals surface area (Å²) in [7, 11) is 0. The van der Waals surface area contributed by atoms with Crippen LogP contribution in [0.4, 0.5) is 0 Å². The first-order valence-corrected chi connectivity index (χ1v) is 2.56. The molecule has 0 radical (unpaired) electrons. The molecule has 0 aliphatic rings. The Kier molecular flexibility index (Phi) is 3.53. The zero-order valence-corrected chi connectivity index (χ0v) is 5.56. The van der Waals surface area contributed by atoms with Crippen LogP contribution in [0.15, 0.2) is 29.9 Å². The Morgan fingerprint density at radius 3 is 2.57 bits per heavy atom. The van der Waals surface area contributed by atoms with Crippen molar-refractivity contribution in [3.8, 4) is 0 Å². The van der Waals surface area contributed by atoms with Gasteiger partial charge in [-0.1, -0.05) is 0 Å². The fourth-order valence-corrected chi connectivity index (χ4v) is 0.350. The van der Waals surface area contributed by atoms with Crippen molar-refractivity contribution < 1.29 is 0 Å². The van der Waals surface area contributed by atoms with Crippen molar-refractivity contribution in [1.82, 2.24) is 0 Å². The molecule has 0 rings (SSSR count). The summed E-state index contributed by atoms with van der Waals surface area (Å²) in [6, 6.07) is 0. The van der Waals surface area contributed by atoms with E-state index in [4.69, 9.17) is 0 Å². The Morgan fingerprint density at radius 2 is 2.43 bits per heavy atom. The summed E-state index contributed by atoms with van der Waals surface area (Å²) in [5.74, 6) is 0. The van der Waals surface area contributed by atoms with Gasteiger partial charge in [-0.25, -0.2) is 0 Å². The van der Waals surface area contributed by atoms with E-state index in [1.807, 2.05) is 0 Å². The summed E-state index contributed by atoms with van der Waals surface area (Å²) >= 11 is 2.48. The van der Waals surface area contributed by atoms with Gasteiger partial charge >= 0.3 is 50.2 Å². The summed E-state index contributed by atoms with van der Waals surface area (Å²) in [5, 5.41) is 0. The van der Waals surface area contributed by atoms with E-state index in [2.05, 4.69) is 38.4 Å². The second-order valence-corrected chi connectivity index (χ2v) is 1.28. The first-order chi connectivity index (χ1) is 3.31. The SMILES string of the molecule is C=CC(=C)N=C=[Se]. The van der Waals surface area contributed by atoms with Gasteiger partial charge in [0, 0.05) is 0 Å².